The molecule has 0 aliphatic carbocycles. The smallest absolute Gasteiger partial charge is 0.261 e. The molecule has 0 aromatic heterocycles. The topological polar surface area (TPSA) is 64.4 Å². The number of rotatable bonds is 6. The van der Waals surface area contributed by atoms with Crippen LogP contribution < -0.4 is 11.1 Å². The first-order valence-electron chi connectivity index (χ1n) is 5.20. The molecule has 0 aliphatic heterocycles. The summed E-state index contributed by atoms with van der Waals surface area (Å²) in [5, 5.41) is 2.42. The Bertz CT molecular complexity index is 413. The van der Waals surface area contributed by atoms with Gasteiger partial charge >= 0.3 is 0 Å². The van der Waals surface area contributed by atoms with E-state index in [0.717, 1.165) is 12.1 Å². The van der Waals surface area contributed by atoms with Gasteiger partial charge in [-0.2, -0.15) is 0 Å². The maximum absolute atomic E-state index is 12.7. The van der Waals surface area contributed by atoms with Crippen molar-refractivity contribution < 1.29 is 22.7 Å². The van der Waals surface area contributed by atoms with Crippen molar-refractivity contribution >= 4 is 11.6 Å². The predicted octanol–water partition coefficient (Wildman–Crippen LogP) is 1.42. The van der Waals surface area contributed by atoms with Gasteiger partial charge in [-0.3, -0.25) is 4.79 Å². The Labute approximate surface area is 102 Å². The number of amides is 1. The van der Waals surface area contributed by atoms with Crippen LogP contribution in [0.1, 0.15) is 10.4 Å². The first-order valence-corrected chi connectivity index (χ1v) is 5.20. The number of anilines is 1. The van der Waals surface area contributed by atoms with Gasteiger partial charge in [-0.25, -0.2) is 13.2 Å². The summed E-state index contributed by atoms with van der Waals surface area (Å²) in [7, 11) is 0. The number of nitrogen functional groups attached to an aromatic ring is 1. The molecule has 1 rings (SSSR count). The number of carbonyl (C=O) groups is 1. The third kappa shape index (κ3) is 4.62. The number of nitrogens with two attached hydrogens (primary N) is 1. The van der Waals surface area contributed by atoms with E-state index in [1.54, 1.807) is 0 Å². The maximum atomic E-state index is 12.7. The lowest BCUT2D eigenvalue weighted by molar-refractivity contribution is 0.0188. The fourth-order valence-electron chi connectivity index (χ4n) is 1.24. The van der Waals surface area contributed by atoms with Crippen molar-refractivity contribution in [3.05, 3.63) is 29.6 Å². The molecule has 1 aromatic carbocycles. The number of ether oxygens (including phenoxy) is 1. The van der Waals surface area contributed by atoms with E-state index in [2.05, 4.69) is 10.1 Å². The van der Waals surface area contributed by atoms with E-state index in [-0.39, 0.29) is 24.4 Å². The number of alkyl halides is 2. The van der Waals surface area contributed by atoms with Gasteiger partial charge in [0.25, 0.3) is 12.3 Å². The van der Waals surface area contributed by atoms with Crippen LogP contribution in [0.25, 0.3) is 0 Å². The molecule has 0 bridgehead atoms. The molecule has 1 amide bonds. The highest BCUT2D eigenvalue weighted by molar-refractivity contribution is 5.99. The van der Waals surface area contributed by atoms with Crippen molar-refractivity contribution in [1.29, 1.82) is 0 Å². The summed E-state index contributed by atoms with van der Waals surface area (Å²) in [4.78, 5) is 11.6. The number of carbonyl (C=O) groups excluding carboxylic acids is 1. The van der Waals surface area contributed by atoms with Gasteiger partial charge < -0.3 is 15.8 Å². The van der Waals surface area contributed by atoms with Gasteiger partial charge in [0, 0.05) is 12.2 Å². The Morgan fingerprint density at radius 1 is 1.44 bits per heavy atom. The van der Waals surface area contributed by atoms with Crippen molar-refractivity contribution in [2.45, 2.75) is 6.43 Å². The van der Waals surface area contributed by atoms with E-state index in [4.69, 9.17) is 5.73 Å². The van der Waals surface area contributed by atoms with Crippen molar-refractivity contribution in [2.24, 2.45) is 0 Å². The minimum Gasteiger partial charge on any atom is -0.398 e. The second-order valence-corrected chi connectivity index (χ2v) is 3.45. The molecule has 1 aromatic rings. The largest absolute Gasteiger partial charge is 0.398 e. The summed E-state index contributed by atoms with van der Waals surface area (Å²) >= 11 is 0. The lowest BCUT2D eigenvalue weighted by atomic mass is 10.1. The van der Waals surface area contributed by atoms with Gasteiger partial charge in [-0.05, 0) is 18.2 Å². The standard InChI is InChI=1S/C11H13F3N2O2/c12-7-1-2-8(9(15)5-7)11(17)16-3-4-18-6-10(13)14/h1-2,5,10H,3-4,6,15H2,(H,16,17). The molecule has 0 aliphatic rings. The van der Waals surface area contributed by atoms with Gasteiger partial charge in [-0.15, -0.1) is 0 Å². The van der Waals surface area contributed by atoms with Crippen LogP contribution in [0.3, 0.4) is 0 Å². The molecule has 0 unspecified atom stereocenters. The van der Waals surface area contributed by atoms with Crippen molar-refractivity contribution in [3.63, 3.8) is 0 Å². The summed E-state index contributed by atoms with van der Waals surface area (Å²) in [5.41, 5.74) is 5.61. The molecule has 4 nitrogen and oxygen atoms in total. The van der Waals surface area contributed by atoms with Gasteiger partial charge in [0.1, 0.15) is 12.4 Å². The van der Waals surface area contributed by atoms with Crippen molar-refractivity contribution in [2.75, 3.05) is 25.5 Å². The summed E-state index contributed by atoms with van der Waals surface area (Å²) in [6.45, 7) is -0.631. The van der Waals surface area contributed by atoms with E-state index in [9.17, 15) is 18.0 Å². The van der Waals surface area contributed by atoms with E-state index in [0.29, 0.717) is 0 Å². The maximum Gasteiger partial charge on any atom is 0.261 e. The normalized spacial score (nSPS) is 10.7. The molecule has 100 valence electrons. The van der Waals surface area contributed by atoms with Crippen LogP contribution in [0.4, 0.5) is 18.9 Å². The lowest BCUT2D eigenvalue weighted by Gasteiger charge is -2.08. The molecule has 0 saturated heterocycles. The molecule has 7 heteroatoms. The van der Waals surface area contributed by atoms with Crippen molar-refractivity contribution in [1.82, 2.24) is 5.32 Å². The van der Waals surface area contributed by atoms with Gasteiger partial charge in [0.2, 0.25) is 0 Å². The lowest BCUT2D eigenvalue weighted by Crippen LogP contribution is -2.28. The molecule has 0 heterocycles. The number of nitrogens with one attached hydrogen (secondary N) is 1. The number of hydrogen-bond acceptors (Lipinski definition) is 3. The van der Waals surface area contributed by atoms with E-state index < -0.39 is 24.8 Å². The Morgan fingerprint density at radius 3 is 2.78 bits per heavy atom. The van der Waals surface area contributed by atoms with Crippen LogP contribution in [0, 0.1) is 5.82 Å². The molecule has 0 fully saturated rings. The van der Waals surface area contributed by atoms with Crippen LogP contribution >= 0.6 is 0 Å². The number of halogens is 3. The Morgan fingerprint density at radius 2 is 2.17 bits per heavy atom. The average Bonchev–Trinajstić information content (AvgIpc) is 2.27. The SMILES string of the molecule is Nc1cc(F)ccc1C(=O)NCCOCC(F)F. The third-order valence-electron chi connectivity index (χ3n) is 2.03. The first kappa shape index (κ1) is 14.3. The Hall–Kier alpha value is -1.76. The number of hydrogen-bond donors (Lipinski definition) is 2. The van der Waals surface area contributed by atoms with Gasteiger partial charge in [0.15, 0.2) is 0 Å². The van der Waals surface area contributed by atoms with Gasteiger partial charge in [-0.1, -0.05) is 0 Å². The minimum absolute atomic E-state index is 0.0148. The molecular formula is C11H13F3N2O2. The van der Waals surface area contributed by atoms with Crippen LogP contribution in [0.15, 0.2) is 18.2 Å². The van der Waals surface area contributed by atoms with E-state index >= 15 is 0 Å². The number of benzene rings is 1. The Kier molecular flexibility index (Phi) is 5.44. The summed E-state index contributed by atoms with van der Waals surface area (Å²) < 4.78 is 40.7. The van der Waals surface area contributed by atoms with E-state index in [1.807, 2.05) is 0 Å². The van der Waals surface area contributed by atoms with Gasteiger partial charge in [0.05, 0.1) is 12.2 Å². The molecule has 0 saturated carbocycles. The fraction of sp³-hybridized carbons (Fsp3) is 0.364. The predicted molar refractivity (Wildman–Crippen MR) is 60.0 cm³/mol. The highest BCUT2D eigenvalue weighted by Gasteiger charge is 2.09. The average molecular weight is 262 g/mol. The quantitative estimate of drug-likeness (QED) is 0.602. The second-order valence-electron chi connectivity index (χ2n) is 3.45. The summed E-state index contributed by atoms with van der Waals surface area (Å²) in [6, 6.07) is 3.39. The summed E-state index contributed by atoms with van der Waals surface area (Å²) in [5.74, 6) is -1.04. The van der Waals surface area contributed by atoms with Crippen LogP contribution in [0.2, 0.25) is 0 Å². The molecule has 0 atom stereocenters. The highest BCUT2D eigenvalue weighted by atomic mass is 19.3. The zero-order valence-electron chi connectivity index (χ0n) is 9.46. The zero-order chi connectivity index (χ0) is 13.5. The highest BCUT2D eigenvalue weighted by Crippen LogP contribution is 2.12. The van der Waals surface area contributed by atoms with E-state index in [1.165, 1.54) is 6.07 Å². The van der Waals surface area contributed by atoms with Crippen LogP contribution in [0.5, 0.6) is 0 Å². The minimum atomic E-state index is -2.53. The second kappa shape index (κ2) is 6.85. The molecule has 18 heavy (non-hydrogen) atoms. The first-order chi connectivity index (χ1) is 8.50. The Balaban J connectivity index is 2.36. The third-order valence-corrected chi connectivity index (χ3v) is 2.03. The molecule has 0 spiro atoms. The molecule has 3 N–H and O–H groups in total. The molecule has 0 radical (unpaired) electrons. The zero-order valence-corrected chi connectivity index (χ0v) is 9.46. The summed E-state index contributed by atoms with van der Waals surface area (Å²) in [6.07, 6.45) is -2.53. The monoisotopic (exact) mass is 262 g/mol. The molecular weight excluding hydrogens is 249 g/mol. The van der Waals surface area contributed by atoms with Crippen molar-refractivity contribution in [3.8, 4) is 0 Å². The van der Waals surface area contributed by atoms with Crippen LogP contribution in [-0.2, 0) is 4.74 Å². The van der Waals surface area contributed by atoms with Crippen LogP contribution in [-0.4, -0.2) is 32.1 Å². The fourth-order valence-corrected chi connectivity index (χ4v) is 1.24.